The monoisotopic (exact) mass is 531 g/mol. The molecule has 204 valence electrons. The maximum Gasteiger partial charge on any atom is 0.244 e. The van der Waals surface area contributed by atoms with Crippen LogP contribution in [0.25, 0.3) is 0 Å². The lowest BCUT2D eigenvalue weighted by Crippen LogP contribution is -2.52. The van der Waals surface area contributed by atoms with E-state index in [1.165, 1.54) is 4.90 Å². The summed E-state index contributed by atoms with van der Waals surface area (Å²) in [7, 11) is -2.23. The number of carbonyl (C=O) groups is 2. The van der Waals surface area contributed by atoms with E-state index in [1.807, 2.05) is 58.0 Å². The van der Waals surface area contributed by atoms with Gasteiger partial charge in [-0.25, -0.2) is 8.42 Å². The minimum atomic E-state index is -3.79. The molecule has 0 fully saturated rings. The molecule has 1 N–H and O–H groups in total. The zero-order valence-corrected chi connectivity index (χ0v) is 23.7. The van der Waals surface area contributed by atoms with Crippen molar-refractivity contribution in [1.29, 1.82) is 0 Å². The van der Waals surface area contributed by atoms with Gasteiger partial charge in [-0.3, -0.25) is 13.9 Å². The third kappa shape index (κ3) is 8.49. The van der Waals surface area contributed by atoms with Gasteiger partial charge >= 0.3 is 0 Å². The Kier molecular flexibility index (Phi) is 11.4. The maximum atomic E-state index is 13.9. The quantitative estimate of drug-likeness (QED) is 0.367. The molecule has 0 aliphatic rings. The predicted molar refractivity (Wildman–Crippen MR) is 148 cm³/mol. The van der Waals surface area contributed by atoms with Crippen LogP contribution in [0.2, 0.25) is 0 Å². The van der Waals surface area contributed by atoms with E-state index in [9.17, 15) is 18.0 Å². The minimum Gasteiger partial charge on any atom is -0.497 e. The second-order valence-electron chi connectivity index (χ2n) is 9.42. The topological polar surface area (TPSA) is 96.0 Å². The molecule has 0 aliphatic heterocycles. The first-order valence-corrected chi connectivity index (χ1v) is 14.6. The number of anilines is 1. The summed E-state index contributed by atoms with van der Waals surface area (Å²) in [5, 5.41) is 2.93. The van der Waals surface area contributed by atoms with E-state index in [-0.39, 0.29) is 18.4 Å². The molecule has 8 nitrogen and oxygen atoms in total. The summed E-state index contributed by atoms with van der Waals surface area (Å²) in [6, 6.07) is 13.7. The number of ether oxygens (including phenoxy) is 1. The molecule has 1 atom stereocenters. The van der Waals surface area contributed by atoms with Crippen LogP contribution in [0.1, 0.15) is 64.0 Å². The van der Waals surface area contributed by atoms with Crippen molar-refractivity contribution in [1.82, 2.24) is 10.2 Å². The van der Waals surface area contributed by atoms with E-state index in [0.717, 1.165) is 34.5 Å². The van der Waals surface area contributed by atoms with Crippen LogP contribution in [-0.2, 0) is 26.2 Å². The zero-order valence-electron chi connectivity index (χ0n) is 22.9. The van der Waals surface area contributed by atoms with Gasteiger partial charge in [0.15, 0.2) is 0 Å². The van der Waals surface area contributed by atoms with Crippen LogP contribution in [0, 0.1) is 0 Å². The molecule has 0 saturated carbocycles. The fourth-order valence-electron chi connectivity index (χ4n) is 4.19. The number of amides is 2. The Morgan fingerprint density at radius 3 is 2.35 bits per heavy atom. The number of carbonyl (C=O) groups excluding carboxylic acids is 2. The third-order valence-corrected chi connectivity index (χ3v) is 7.34. The lowest BCUT2D eigenvalue weighted by Gasteiger charge is -2.33. The van der Waals surface area contributed by atoms with Gasteiger partial charge in [0.2, 0.25) is 21.8 Å². The van der Waals surface area contributed by atoms with E-state index in [1.54, 1.807) is 25.3 Å². The van der Waals surface area contributed by atoms with Gasteiger partial charge in [-0.05, 0) is 48.1 Å². The van der Waals surface area contributed by atoms with E-state index < -0.39 is 28.5 Å². The summed E-state index contributed by atoms with van der Waals surface area (Å²) >= 11 is 0. The number of benzene rings is 2. The number of unbranched alkanes of at least 4 members (excludes halogenated alkanes) is 1. The molecule has 0 bridgehead atoms. The molecule has 9 heteroatoms. The average Bonchev–Trinajstić information content (AvgIpc) is 2.86. The number of methoxy groups -OCH3 is 1. The highest BCUT2D eigenvalue weighted by Gasteiger charge is 2.32. The first-order chi connectivity index (χ1) is 17.5. The Labute approximate surface area is 222 Å². The van der Waals surface area contributed by atoms with Crippen molar-refractivity contribution in [2.45, 2.75) is 65.5 Å². The summed E-state index contributed by atoms with van der Waals surface area (Å²) in [6.45, 7) is 8.08. The van der Waals surface area contributed by atoms with Crippen LogP contribution in [0.15, 0.2) is 48.5 Å². The molecule has 0 saturated heterocycles. The second kappa shape index (κ2) is 14.0. The maximum absolute atomic E-state index is 13.9. The van der Waals surface area contributed by atoms with Gasteiger partial charge in [0.25, 0.3) is 0 Å². The van der Waals surface area contributed by atoms with E-state index >= 15 is 0 Å². The molecular formula is C28H41N3O5S. The van der Waals surface area contributed by atoms with Crippen molar-refractivity contribution in [2.24, 2.45) is 0 Å². The standard InChI is InChI=1S/C28H41N3O5S/c1-7-9-17-29-28(33)25(8-2)30(19-22-13-12-14-23(18-22)36-5)27(32)20-31(37(6,34)35)26-16-11-10-15-24(26)21(3)4/h10-16,18,21,25H,7-9,17,19-20H2,1-6H3,(H,29,33). The Bertz CT molecular complexity index is 1150. The van der Waals surface area contributed by atoms with Gasteiger partial charge in [-0.1, -0.05) is 64.4 Å². The fraction of sp³-hybridized carbons (Fsp3) is 0.500. The van der Waals surface area contributed by atoms with Crippen molar-refractivity contribution in [3.8, 4) is 5.75 Å². The molecule has 2 rings (SSSR count). The molecule has 0 radical (unpaired) electrons. The van der Waals surface area contributed by atoms with Crippen LogP contribution in [-0.4, -0.2) is 57.6 Å². The molecule has 1 unspecified atom stereocenters. The van der Waals surface area contributed by atoms with Gasteiger partial charge in [0, 0.05) is 13.1 Å². The normalized spacial score (nSPS) is 12.2. The zero-order chi connectivity index (χ0) is 27.6. The molecular weight excluding hydrogens is 490 g/mol. The van der Waals surface area contributed by atoms with Gasteiger partial charge in [0.05, 0.1) is 19.1 Å². The molecule has 0 heterocycles. The third-order valence-electron chi connectivity index (χ3n) is 6.21. The first kappa shape index (κ1) is 30.2. The van der Waals surface area contributed by atoms with Gasteiger partial charge in [-0.2, -0.15) is 0 Å². The Balaban J connectivity index is 2.48. The number of nitrogens with one attached hydrogen (secondary N) is 1. The van der Waals surface area contributed by atoms with E-state index in [4.69, 9.17) is 4.74 Å². The molecule has 2 amide bonds. The van der Waals surface area contributed by atoms with Crippen LogP contribution in [0.3, 0.4) is 0 Å². The summed E-state index contributed by atoms with van der Waals surface area (Å²) in [5.74, 6) is -0.0184. The van der Waals surface area contributed by atoms with Crippen molar-refractivity contribution in [2.75, 3.05) is 30.8 Å². The number of hydrogen-bond acceptors (Lipinski definition) is 5. The highest BCUT2D eigenvalue weighted by molar-refractivity contribution is 7.92. The molecule has 2 aromatic carbocycles. The van der Waals surface area contributed by atoms with Crippen LogP contribution in [0.4, 0.5) is 5.69 Å². The van der Waals surface area contributed by atoms with Gasteiger partial charge in [0.1, 0.15) is 18.3 Å². The van der Waals surface area contributed by atoms with Crippen molar-refractivity contribution >= 4 is 27.5 Å². The SMILES string of the molecule is CCCCNC(=O)C(CC)N(Cc1cccc(OC)c1)C(=O)CN(c1ccccc1C(C)C)S(C)(=O)=O. The van der Waals surface area contributed by atoms with Crippen LogP contribution in [0.5, 0.6) is 5.75 Å². The van der Waals surface area contributed by atoms with E-state index in [0.29, 0.717) is 24.4 Å². The largest absolute Gasteiger partial charge is 0.497 e. The van der Waals surface area contributed by atoms with Gasteiger partial charge < -0.3 is 15.0 Å². The molecule has 37 heavy (non-hydrogen) atoms. The fourth-order valence-corrected chi connectivity index (χ4v) is 5.06. The minimum absolute atomic E-state index is 0.0520. The lowest BCUT2D eigenvalue weighted by atomic mass is 10.0. The molecule has 0 aliphatic carbocycles. The molecule has 0 spiro atoms. The number of nitrogens with zero attached hydrogens (tertiary/aromatic N) is 2. The molecule has 0 aromatic heterocycles. The Morgan fingerprint density at radius 1 is 1.05 bits per heavy atom. The van der Waals surface area contributed by atoms with Crippen molar-refractivity contribution in [3.05, 3.63) is 59.7 Å². The second-order valence-corrected chi connectivity index (χ2v) is 11.3. The van der Waals surface area contributed by atoms with E-state index in [2.05, 4.69) is 5.32 Å². The van der Waals surface area contributed by atoms with Crippen LogP contribution < -0.4 is 14.4 Å². The lowest BCUT2D eigenvalue weighted by molar-refractivity contribution is -0.140. The Hall–Kier alpha value is -3.07. The first-order valence-electron chi connectivity index (χ1n) is 12.8. The Morgan fingerprint density at radius 2 is 1.76 bits per heavy atom. The summed E-state index contributed by atoms with van der Waals surface area (Å²) in [5.41, 5.74) is 2.07. The number of rotatable bonds is 14. The molecule has 2 aromatic rings. The highest BCUT2D eigenvalue weighted by Crippen LogP contribution is 2.29. The highest BCUT2D eigenvalue weighted by atomic mass is 32.2. The number of sulfonamides is 1. The summed E-state index contributed by atoms with van der Waals surface area (Å²) in [4.78, 5) is 28.5. The van der Waals surface area contributed by atoms with Crippen LogP contribution >= 0.6 is 0 Å². The predicted octanol–water partition coefficient (Wildman–Crippen LogP) is 4.31. The number of hydrogen-bond donors (Lipinski definition) is 1. The van der Waals surface area contributed by atoms with Crippen molar-refractivity contribution in [3.63, 3.8) is 0 Å². The summed E-state index contributed by atoms with van der Waals surface area (Å²) in [6.07, 6.45) is 3.25. The van der Waals surface area contributed by atoms with Gasteiger partial charge in [-0.15, -0.1) is 0 Å². The average molecular weight is 532 g/mol. The number of para-hydroxylation sites is 1. The van der Waals surface area contributed by atoms with Crippen molar-refractivity contribution < 1.29 is 22.7 Å². The summed E-state index contributed by atoms with van der Waals surface area (Å²) < 4.78 is 32.3. The smallest absolute Gasteiger partial charge is 0.244 e.